The SMILES string of the molecule is CC/C=C\C/C=C\C/C=C\C/C=C\CCC(=O)OCC(COC(=O)CCCCCCCCCCCCCCC/C=C\C/C=C\CCCCCCC)OC(=O)CCCCCCCCCCCCCCCCCCCCCCC. The van der Waals surface area contributed by atoms with Gasteiger partial charge in [-0.1, -0.05) is 318 Å². The minimum atomic E-state index is -0.803. The Kier molecular flexibility index (Phi) is 62.7. The highest BCUT2D eigenvalue weighted by molar-refractivity contribution is 5.71. The maximum atomic E-state index is 12.9. The first-order valence-electron chi connectivity index (χ1n) is 33.4. The van der Waals surface area contributed by atoms with E-state index < -0.39 is 6.10 Å². The van der Waals surface area contributed by atoms with E-state index >= 15 is 0 Å². The summed E-state index contributed by atoms with van der Waals surface area (Å²) in [7, 11) is 0. The van der Waals surface area contributed by atoms with E-state index in [2.05, 4.69) is 87.6 Å². The van der Waals surface area contributed by atoms with Crippen molar-refractivity contribution in [2.24, 2.45) is 0 Å². The van der Waals surface area contributed by atoms with Crippen LogP contribution >= 0.6 is 0 Å². The standard InChI is InChI=1S/C71H126O6/c1-4-7-10-13-16-19-22-25-27-29-31-33-34-35-36-38-39-41-43-46-49-52-55-58-61-64-70(73)76-67-68(66-75-69(72)63-60-57-54-51-48-45-24-21-18-15-12-9-6-3)77-71(74)65-62-59-56-53-50-47-44-42-40-37-32-30-28-26-23-20-17-14-11-8-5-2/h9,12,18,21-22,25,29,31,45,48,54,57,68H,4-8,10-11,13-17,19-20,23-24,26-28,30,32-44,46-47,49-53,55-56,58-67H2,1-3H3/b12-9-,21-18-,25-22-,31-29-,48-45-,57-54-. The molecule has 0 aromatic heterocycles. The number of hydrogen-bond donors (Lipinski definition) is 0. The molecule has 0 spiro atoms. The molecular weight excluding hydrogens is 949 g/mol. The molecule has 6 nitrogen and oxygen atoms in total. The molecule has 0 aromatic carbocycles. The number of hydrogen-bond acceptors (Lipinski definition) is 6. The molecule has 0 saturated carbocycles. The Bertz CT molecular complexity index is 1420. The molecule has 0 radical (unpaired) electrons. The summed E-state index contributed by atoms with van der Waals surface area (Å²) in [6.45, 7) is 6.50. The van der Waals surface area contributed by atoms with Crippen molar-refractivity contribution in [3.05, 3.63) is 72.9 Å². The minimum Gasteiger partial charge on any atom is -0.462 e. The fourth-order valence-electron chi connectivity index (χ4n) is 9.73. The van der Waals surface area contributed by atoms with Gasteiger partial charge in [0.25, 0.3) is 0 Å². The van der Waals surface area contributed by atoms with Crippen LogP contribution in [0.2, 0.25) is 0 Å². The Hall–Kier alpha value is -3.15. The van der Waals surface area contributed by atoms with E-state index in [1.807, 2.05) is 6.08 Å². The molecule has 0 aromatic rings. The molecule has 446 valence electrons. The third-order valence-electron chi connectivity index (χ3n) is 14.7. The highest BCUT2D eigenvalue weighted by Crippen LogP contribution is 2.18. The predicted octanol–water partition coefficient (Wildman–Crippen LogP) is 22.9. The maximum Gasteiger partial charge on any atom is 0.306 e. The Labute approximate surface area is 478 Å². The van der Waals surface area contributed by atoms with Crippen molar-refractivity contribution in [3.8, 4) is 0 Å². The van der Waals surface area contributed by atoms with E-state index in [4.69, 9.17) is 14.2 Å². The topological polar surface area (TPSA) is 78.9 Å². The van der Waals surface area contributed by atoms with Crippen molar-refractivity contribution >= 4 is 17.9 Å². The van der Waals surface area contributed by atoms with Gasteiger partial charge in [-0.3, -0.25) is 14.4 Å². The normalized spacial score (nSPS) is 12.5. The molecule has 0 heterocycles. The van der Waals surface area contributed by atoms with Crippen LogP contribution in [0.1, 0.15) is 342 Å². The lowest BCUT2D eigenvalue weighted by Crippen LogP contribution is -2.30. The smallest absolute Gasteiger partial charge is 0.306 e. The van der Waals surface area contributed by atoms with Gasteiger partial charge in [-0.05, 0) is 77.0 Å². The summed E-state index contributed by atoms with van der Waals surface area (Å²) < 4.78 is 16.9. The van der Waals surface area contributed by atoms with Gasteiger partial charge in [0.05, 0.1) is 0 Å². The lowest BCUT2D eigenvalue weighted by Gasteiger charge is -2.18. The van der Waals surface area contributed by atoms with Crippen molar-refractivity contribution < 1.29 is 28.6 Å². The fourth-order valence-corrected chi connectivity index (χ4v) is 9.73. The van der Waals surface area contributed by atoms with Crippen LogP contribution in [-0.4, -0.2) is 37.2 Å². The van der Waals surface area contributed by atoms with Gasteiger partial charge in [0, 0.05) is 19.3 Å². The van der Waals surface area contributed by atoms with E-state index in [1.165, 1.54) is 225 Å². The van der Waals surface area contributed by atoms with Gasteiger partial charge in [0.1, 0.15) is 13.2 Å². The lowest BCUT2D eigenvalue weighted by molar-refractivity contribution is -0.166. The summed E-state index contributed by atoms with van der Waals surface area (Å²) >= 11 is 0. The van der Waals surface area contributed by atoms with Gasteiger partial charge in [0.15, 0.2) is 6.10 Å². The quantitative estimate of drug-likeness (QED) is 0.0261. The average Bonchev–Trinajstić information content (AvgIpc) is 3.43. The largest absolute Gasteiger partial charge is 0.462 e. The zero-order chi connectivity index (χ0) is 55.7. The van der Waals surface area contributed by atoms with Gasteiger partial charge in [-0.15, -0.1) is 0 Å². The van der Waals surface area contributed by atoms with Gasteiger partial charge in [-0.25, -0.2) is 0 Å². The van der Waals surface area contributed by atoms with Crippen molar-refractivity contribution in [1.29, 1.82) is 0 Å². The van der Waals surface area contributed by atoms with Crippen LogP contribution in [0.4, 0.5) is 0 Å². The highest BCUT2D eigenvalue weighted by atomic mass is 16.6. The molecule has 0 fully saturated rings. The Morgan fingerprint density at radius 1 is 0.273 bits per heavy atom. The Morgan fingerprint density at radius 2 is 0.532 bits per heavy atom. The molecule has 1 unspecified atom stereocenters. The van der Waals surface area contributed by atoms with E-state index in [1.54, 1.807) is 0 Å². The van der Waals surface area contributed by atoms with Crippen LogP contribution in [0, 0.1) is 0 Å². The first-order chi connectivity index (χ1) is 38.0. The molecule has 77 heavy (non-hydrogen) atoms. The monoisotopic (exact) mass is 1070 g/mol. The zero-order valence-corrected chi connectivity index (χ0v) is 51.2. The van der Waals surface area contributed by atoms with Crippen LogP contribution in [0.3, 0.4) is 0 Å². The van der Waals surface area contributed by atoms with Gasteiger partial charge < -0.3 is 14.2 Å². The summed E-state index contributed by atoms with van der Waals surface area (Å²) in [6, 6.07) is 0. The van der Waals surface area contributed by atoms with E-state index in [-0.39, 0.29) is 37.5 Å². The second kappa shape index (κ2) is 65.4. The lowest BCUT2D eigenvalue weighted by atomic mass is 10.0. The summed E-state index contributed by atoms with van der Waals surface area (Å²) in [5.41, 5.74) is 0. The average molecular weight is 1080 g/mol. The molecule has 0 rings (SSSR count). The summed E-state index contributed by atoms with van der Waals surface area (Å²) in [6.07, 6.45) is 85.1. The minimum absolute atomic E-state index is 0.0944. The van der Waals surface area contributed by atoms with Gasteiger partial charge >= 0.3 is 17.9 Å². The summed E-state index contributed by atoms with van der Waals surface area (Å²) in [5, 5.41) is 0. The number of rotatable bonds is 61. The molecule has 0 aliphatic carbocycles. The Morgan fingerprint density at radius 3 is 0.870 bits per heavy atom. The van der Waals surface area contributed by atoms with Crippen LogP contribution in [0.5, 0.6) is 0 Å². The molecule has 0 bridgehead atoms. The number of unbranched alkanes of at least 4 members (excludes halogenated alkanes) is 38. The molecule has 0 amide bonds. The zero-order valence-electron chi connectivity index (χ0n) is 51.2. The van der Waals surface area contributed by atoms with Crippen molar-refractivity contribution in [2.45, 2.75) is 348 Å². The molecule has 0 saturated heterocycles. The fraction of sp³-hybridized carbons (Fsp3) is 0.789. The first-order valence-corrected chi connectivity index (χ1v) is 33.4. The number of allylic oxidation sites excluding steroid dienone is 12. The van der Waals surface area contributed by atoms with Crippen molar-refractivity contribution in [3.63, 3.8) is 0 Å². The third-order valence-corrected chi connectivity index (χ3v) is 14.7. The maximum absolute atomic E-state index is 12.9. The second-order valence-electron chi connectivity index (χ2n) is 22.4. The van der Waals surface area contributed by atoms with Gasteiger partial charge in [0.2, 0.25) is 0 Å². The van der Waals surface area contributed by atoms with Crippen LogP contribution in [0.15, 0.2) is 72.9 Å². The summed E-state index contributed by atoms with van der Waals surface area (Å²) in [5.74, 6) is -0.962. The van der Waals surface area contributed by atoms with Crippen LogP contribution in [-0.2, 0) is 28.6 Å². The van der Waals surface area contributed by atoms with Crippen molar-refractivity contribution in [1.82, 2.24) is 0 Å². The van der Waals surface area contributed by atoms with E-state index in [0.29, 0.717) is 19.3 Å². The van der Waals surface area contributed by atoms with E-state index in [9.17, 15) is 14.4 Å². The first kappa shape index (κ1) is 73.8. The number of carbonyl (C=O) groups excluding carboxylic acids is 3. The Balaban J connectivity index is 4.30. The molecule has 0 aliphatic rings. The number of carbonyl (C=O) groups is 3. The number of ether oxygens (including phenoxy) is 3. The number of esters is 3. The molecule has 0 aliphatic heterocycles. The van der Waals surface area contributed by atoms with E-state index in [0.717, 1.165) is 70.6 Å². The highest BCUT2D eigenvalue weighted by Gasteiger charge is 2.19. The molecule has 6 heteroatoms. The molecular formula is C71H126O6. The predicted molar refractivity (Wildman–Crippen MR) is 335 cm³/mol. The molecule has 0 N–H and O–H groups in total. The van der Waals surface area contributed by atoms with Crippen LogP contribution < -0.4 is 0 Å². The van der Waals surface area contributed by atoms with Gasteiger partial charge in [-0.2, -0.15) is 0 Å². The summed E-state index contributed by atoms with van der Waals surface area (Å²) in [4.78, 5) is 38.3. The molecule has 1 atom stereocenters. The van der Waals surface area contributed by atoms with Crippen LogP contribution in [0.25, 0.3) is 0 Å². The van der Waals surface area contributed by atoms with Crippen molar-refractivity contribution in [2.75, 3.05) is 13.2 Å². The third kappa shape index (κ3) is 63.6. The second-order valence-corrected chi connectivity index (χ2v) is 22.4.